The second-order valence-corrected chi connectivity index (χ2v) is 6.14. The van der Waals surface area contributed by atoms with E-state index in [2.05, 4.69) is 36.1 Å². The van der Waals surface area contributed by atoms with Crippen LogP contribution in [0.2, 0.25) is 0 Å². The van der Waals surface area contributed by atoms with E-state index in [4.69, 9.17) is 0 Å². The van der Waals surface area contributed by atoms with Gasteiger partial charge in [-0.05, 0) is 31.5 Å². The Balaban J connectivity index is 1.87. The van der Waals surface area contributed by atoms with Gasteiger partial charge in [-0.3, -0.25) is 4.79 Å². The Hall–Kier alpha value is -1.62. The number of hydrogen-bond donors (Lipinski definition) is 1. The summed E-state index contributed by atoms with van der Waals surface area (Å²) >= 11 is 0. The Bertz CT molecular complexity index is 450. The molecule has 2 heterocycles. The zero-order chi connectivity index (χ0) is 15.2. The average molecular weight is 290 g/mol. The molecule has 1 aromatic rings. The number of nitrogens with one attached hydrogen (secondary N) is 1. The van der Waals surface area contributed by atoms with Crippen LogP contribution in [0.1, 0.15) is 30.8 Å². The normalized spacial score (nSPS) is 16.3. The van der Waals surface area contributed by atoms with Gasteiger partial charge in [-0.25, -0.2) is 4.98 Å². The number of anilines is 1. The maximum atomic E-state index is 12.3. The van der Waals surface area contributed by atoms with E-state index in [1.807, 2.05) is 17.0 Å². The maximum absolute atomic E-state index is 12.3. The molecule has 1 aliphatic rings. The van der Waals surface area contributed by atoms with Crippen LogP contribution in [0.3, 0.4) is 0 Å². The highest BCUT2D eigenvalue weighted by molar-refractivity contribution is 5.92. The number of hydrogen-bond acceptors (Lipinski definition) is 4. The number of rotatable bonds is 5. The maximum Gasteiger partial charge on any atom is 0.272 e. The van der Waals surface area contributed by atoms with Crippen molar-refractivity contribution in [3.05, 3.63) is 24.0 Å². The number of amides is 1. The van der Waals surface area contributed by atoms with E-state index in [1.54, 1.807) is 6.20 Å². The molecule has 1 fully saturated rings. The van der Waals surface area contributed by atoms with Crippen LogP contribution in [0, 0.1) is 5.92 Å². The minimum Gasteiger partial charge on any atom is -0.384 e. The third-order valence-corrected chi connectivity index (χ3v) is 3.82. The molecule has 1 aliphatic heterocycles. The van der Waals surface area contributed by atoms with Gasteiger partial charge in [0.15, 0.2) is 0 Å². The van der Waals surface area contributed by atoms with Crippen molar-refractivity contribution < 1.29 is 4.79 Å². The number of carbonyl (C=O) groups excluding carboxylic acids is 1. The molecule has 5 nitrogen and oxygen atoms in total. The van der Waals surface area contributed by atoms with Gasteiger partial charge in [0.25, 0.3) is 5.91 Å². The largest absolute Gasteiger partial charge is 0.384 e. The fourth-order valence-electron chi connectivity index (χ4n) is 2.30. The Morgan fingerprint density at radius 3 is 2.57 bits per heavy atom. The lowest BCUT2D eigenvalue weighted by molar-refractivity contribution is 0.0658. The topological polar surface area (TPSA) is 48.5 Å². The van der Waals surface area contributed by atoms with Crippen LogP contribution in [0.4, 0.5) is 5.69 Å². The van der Waals surface area contributed by atoms with Crippen LogP contribution >= 0.6 is 0 Å². The summed E-state index contributed by atoms with van der Waals surface area (Å²) in [6, 6.07) is 3.76. The zero-order valence-electron chi connectivity index (χ0n) is 13.3. The van der Waals surface area contributed by atoms with E-state index in [0.29, 0.717) is 11.6 Å². The predicted molar refractivity (Wildman–Crippen MR) is 85.6 cm³/mol. The Morgan fingerprint density at radius 1 is 1.29 bits per heavy atom. The second kappa shape index (κ2) is 7.41. The van der Waals surface area contributed by atoms with Gasteiger partial charge < -0.3 is 15.1 Å². The first-order valence-corrected chi connectivity index (χ1v) is 7.74. The quantitative estimate of drug-likeness (QED) is 0.900. The molecule has 0 atom stereocenters. The SMILES string of the molecule is CC(C)CCNc1ccc(C(=O)N2CCN(C)CC2)nc1. The van der Waals surface area contributed by atoms with Gasteiger partial charge in [-0.1, -0.05) is 13.8 Å². The zero-order valence-corrected chi connectivity index (χ0v) is 13.3. The van der Waals surface area contributed by atoms with Crippen molar-refractivity contribution in [2.75, 3.05) is 45.1 Å². The molecular weight excluding hydrogens is 264 g/mol. The van der Waals surface area contributed by atoms with Crippen LogP contribution in [0.15, 0.2) is 18.3 Å². The Morgan fingerprint density at radius 2 is 2.00 bits per heavy atom. The van der Waals surface area contributed by atoms with Crippen LogP contribution in [-0.2, 0) is 0 Å². The highest BCUT2D eigenvalue weighted by Gasteiger charge is 2.20. The summed E-state index contributed by atoms with van der Waals surface area (Å²) in [5.41, 5.74) is 1.51. The average Bonchev–Trinajstić information content (AvgIpc) is 2.48. The summed E-state index contributed by atoms with van der Waals surface area (Å²) in [6.07, 6.45) is 2.88. The molecule has 1 amide bonds. The van der Waals surface area contributed by atoms with Gasteiger partial charge >= 0.3 is 0 Å². The summed E-state index contributed by atoms with van der Waals surface area (Å²) in [6.45, 7) is 8.78. The minimum atomic E-state index is 0.0387. The summed E-state index contributed by atoms with van der Waals surface area (Å²) in [7, 11) is 2.08. The van der Waals surface area contributed by atoms with E-state index >= 15 is 0 Å². The summed E-state index contributed by atoms with van der Waals surface area (Å²) in [5, 5.41) is 3.33. The molecule has 0 unspecified atom stereocenters. The van der Waals surface area contributed by atoms with Gasteiger partial charge in [0, 0.05) is 32.7 Å². The van der Waals surface area contributed by atoms with Crippen molar-refractivity contribution in [2.24, 2.45) is 5.92 Å². The van der Waals surface area contributed by atoms with Crippen molar-refractivity contribution in [2.45, 2.75) is 20.3 Å². The third kappa shape index (κ3) is 4.70. The molecule has 116 valence electrons. The minimum absolute atomic E-state index is 0.0387. The van der Waals surface area contributed by atoms with Crippen molar-refractivity contribution in [1.82, 2.24) is 14.8 Å². The van der Waals surface area contributed by atoms with Gasteiger partial charge in [0.05, 0.1) is 11.9 Å². The number of aromatic nitrogens is 1. The fourth-order valence-corrected chi connectivity index (χ4v) is 2.30. The van der Waals surface area contributed by atoms with Crippen molar-refractivity contribution in [3.8, 4) is 0 Å². The molecular formula is C16H26N4O. The fraction of sp³-hybridized carbons (Fsp3) is 0.625. The van der Waals surface area contributed by atoms with Gasteiger partial charge in [0.2, 0.25) is 0 Å². The first kappa shape index (κ1) is 15.8. The van der Waals surface area contributed by atoms with Gasteiger partial charge in [-0.2, -0.15) is 0 Å². The first-order valence-electron chi connectivity index (χ1n) is 7.74. The van der Waals surface area contributed by atoms with Crippen LogP contribution in [0.5, 0.6) is 0 Å². The molecule has 0 bridgehead atoms. The molecule has 0 aliphatic carbocycles. The summed E-state index contributed by atoms with van der Waals surface area (Å²) < 4.78 is 0. The van der Waals surface area contributed by atoms with E-state index < -0.39 is 0 Å². The highest BCUT2D eigenvalue weighted by Crippen LogP contribution is 2.10. The molecule has 0 aromatic carbocycles. The third-order valence-electron chi connectivity index (χ3n) is 3.82. The standard InChI is InChI=1S/C16H26N4O/c1-13(2)6-7-17-14-4-5-15(18-12-14)16(21)20-10-8-19(3)9-11-20/h4-5,12-13,17H,6-11H2,1-3H3. The van der Waals surface area contributed by atoms with Crippen LogP contribution in [0.25, 0.3) is 0 Å². The van der Waals surface area contributed by atoms with E-state index in [9.17, 15) is 4.79 Å². The molecule has 1 saturated heterocycles. The second-order valence-electron chi connectivity index (χ2n) is 6.14. The predicted octanol–water partition coefficient (Wildman–Crippen LogP) is 1.93. The molecule has 0 spiro atoms. The van der Waals surface area contributed by atoms with E-state index in [-0.39, 0.29) is 5.91 Å². The highest BCUT2D eigenvalue weighted by atomic mass is 16.2. The number of likely N-dealkylation sites (N-methyl/N-ethyl adjacent to an activating group) is 1. The molecule has 21 heavy (non-hydrogen) atoms. The van der Waals surface area contributed by atoms with Crippen molar-refractivity contribution >= 4 is 11.6 Å². The van der Waals surface area contributed by atoms with Crippen molar-refractivity contribution in [1.29, 1.82) is 0 Å². The number of carbonyl (C=O) groups is 1. The van der Waals surface area contributed by atoms with E-state index in [0.717, 1.165) is 44.8 Å². The number of piperazine rings is 1. The smallest absolute Gasteiger partial charge is 0.272 e. The van der Waals surface area contributed by atoms with Crippen LogP contribution < -0.4 is 5.32 Å². The first-order chi connectivity index (χ1) is 10.1. The lowest BCUT2D eigenvalue weighted by Gasteiger charge is -2.32. The monoisotopic (exact) mass is 290 g/mol. The molecule has 2 rings (SSSR count). The lowest BCUT2D eigenvalue weighted by Crippen LogP contribution is -2.47. The van der Waals surface area contributed by atoms with Crippen LogP contribution in [-0.4, -0.2) is 60.5 Å². The summed E-state index contributed by atoms with van der Waals surface area (Å²) in [4.78, 5) is 20.8. The molecule has 1 aromatic heterocycles. The molecule has 0 saturated carbocycles. The van der Waals surface area contributed by atoms with Gasteiger partial charge in [0.1, 0.15) is 5.69 Å². The summed E-state index contributed by atoms with van der Waals surface area (Å²) in [5.74, 6) is 0.723. The lowest BCUT2D eigenvalue weighted by atomic mass is 10.1. The molecule has 5 heteroatoms. The Kier molecular flexibility index (Phi) is 5.56. The van der Waals surface area contributed by atoms with Gasteiger partial charge in [-0.15, -0.1) is 0 Å². The molecule has 0 radical (unpaired) electrons. The van der Waals surface area contributed by atoms with E-state index in [1.165, 1.54) is 0 Å². The Labute approximate surface area is 127 Å². The number of pyridine rings is 1. The number of nitrogens with zero attached hydrogens (tertiary/aromatic N) is 3. The molecule has 1 N–H and O–H groups in total. The van der Waals surface area contributed by atoms with Crippen molar-refractivity contribution in [3.63, 3.8) is 0 Å².